The third-order valence-corrected chi connectivity index (χ3v) is 8.68. The van der Waals surface area contributed by atoms with E-state index in [1.807, 2.05) is 0 Å². The summed E-state index contributed by atoms with van der Waals surface area (Å²) in [5, 5.41) is 18.2. The lowest BCUT2D eigenvalue weighted by atomic mass is 10.1. The van der Waals surface area contributed by atoms with Gasteiger partial charge in [0.15, 0.2) is 6.10 Å². The second-order valence-electron chi connectivity index (χ2n) is 12.2. The molecule has 0 aromatic heterocycles. The number of phosphoric ester groups is 1. The van der Waals surface area contributed by atoms with Crippen LogP contribution in [0, 0.1) is 0 Å². The van der Waals surface area contributed by atoms with Crippen LogP contribution in [-0.2, 0) is 32.7 Å². The smallest absolute Gasteiger partial charge is 0.306 e. The van der Waals surface area contributed by atoms with Gasteiger partial charge < -0.3 is 33.6 Å². The molecule has 0 aromatic carbocycles. The summed E-state index contributed by atoms with van der Waals surface area (Å²) in [6, 6.07) is 0. The number of ether oxygens (including phenoxy) is 2. The number of unbranched alkanes of at least 4 members (excludes halogenated alkanes) is 20. The highest BCUT2D eigenvalue weighted by Crippen LogP contribution is 2.38. The minimum atomic E-state index is -4.85. The Balaban J connectivity index is 4.39. The second kappa shape index (κ2) is 31.6. The van der Waals surface area contributed by atoms with Crippen molar-refractivity contribution in [2.24, 2.45) is 0 Å². The van der Waals surface area contributed by atoms with E-state index >= 15 is 0 Å². The van der Waals surface area contributed by atoms with Gasteiger partial charge in [-0.3, -0.25) is 14.2 Å². The van der Waals surface area contributed by atoms with E-state index in [0.717, 1.165) is 38.5 Å². The molecule has 0 radical (unpaired) electrons. The molecule has 0 fully saturated rings. The molecule has 0 rings (SSSR count). The first-order chi connectivity index (χ1) is 21.7. The van der Waals surface area contributed by atoms with Crippen LogP contribution < -0.4 is 4.89 Å². The summed E-state index contributed by atoms with van der Waals surface area (Å²) in [7, 11) is -4.85. The molecule has 0 saturated heterocycles. The van der Waals surface area contributed by atoms with Crippen LogP contribution in [0.15, 0.2) is 0 Å². The summed E-state index contributed by atoms with van der Waals surface area (Å²) in [5.41, 5.74) is 0. The van der Waals surface area contributed by atoms with Crippen molar-refractivity contribution in [2.45, 2.75) is 180 Å². The number of hydrogen-bond donors (Lipinski definition) is 2. The van der Waals surface area contributed by atoms with Crippen molar-refractivity contribution in [3.05, 3.63) is 0 Å². The van der Waals surface area contributed by atoms with E-state index in [2.05, 4.69) is 18.4 Å². The summed E-state index contributed by atoms with van der Waals surface area (Å²) < 4.78 is 32.1. The minimum absolute atomic E-state index is 0.175. The molecule has 2 N–H and O–H groups in total. The van der Waals surface area contributed by atoms with Crippen LogP contribution >= 0.6 is 7.82 Å². The molecule has 0 bridgehead atoms. The minimum Gasteiger partial charge on any atom is -0.756 e. The van der Waals surface area contributed by atoms with Gasteiger partial charge in [0.2, 0.25) is 0 Å². The first-order valence-corrected chi connectivity index (χ1v) is 19.4. The van der Waals surface area contributed by atoms with Gasteiger partial charge in [-0.1, -0.05) is 142 Å². The van der Waals surface area contributed by atoms with E-state index in [-0.39, 0.29) is 19.4 Å². The molecule has 0 aliphatic heterocycles. The summed E-state index contributed by atoms with van der Waals surface area (Å²) in [4.78, 5) is 36.8. The van der Waals surface area contributed by atoms with Gasteiger partial charge in [-0.25, -0.2) is 0 Å². The second-order valence-corrected chi connectivity index (χ2v) is 13.7. The van der Waals surface area contributed by atoms with Gasteiger partial charge in [-0.15, -0.1) is 0 Å². The molecule has 10 nitrogen and oxygen atoms in total. The van der Waals surface area contributed by atoms with Gasteiger partial charge in [0.1, 0.15) is 12.7 Å². The van der Waals surface area contributed by atoms with Crippen LogP contribution in [0.5, 0.6) is 0 Å². The van der Waals surface area contributed by atoms with Crippen molar-refractivity contribution in [2.75, 3.05) is 26.4 Å². The summed E-state index contributed by atoms with van der Waals surface area (Å²) in [6.07, 6.45) is 23.4. The molecule has 0 aromatic rings. The number of esters is 2. The third kappa shape index (κ3) is 31.3. The SMILES string of the molecule is CCCCCCCCCCCCCC(=O)OC[C@H](COP(=O)([O-])OC[C@H](O)CO)OC(=O)CCCCCCCCCCCCC. The molecular weight excluding hydrogens is 599 g/mol. The van der Waals surface area contributed by atoms with Crippen LogP contribution in [0.2, 0.25) is 0 Å². The Bertz CT molecular complexity index is 736. The molecular formula is C34H66O10P-. The van der Waals surface area contributed by atoms with E-state index in [9.17, 15) is 24.2 Å². The Morgan fingerprint density at radius 2 is 0.978 bits per heavy atom. The molecule has 0 amide bonds. The van der Waals surface area contributed by atoms with Crippen molar-refractivity contribution in [1.82, 2.24) is 0 Å². The summed E-state index contributed by atoms with van der Waals surface area (Å²) in [5.74, 6) is -0.955. The summed E-state index contributed by atoms with van der Waals surface area (Å²) in [6.45, 7) is 2.17. The van der Waals surface area contributed by atoms with Gasteiger partial charge in [-0.2, -0.15) is 0 Å². The molecule has 0 heterocycles. The van der Waals surface area contributed by atoms with Crippen molar-refractivity contribution in [3.8, 4) is 0 Å². The molecule has 0 aliphatic rings. The van der Waals surface area contributed by atoms with Crippen LogP contribution in [0.25, 0.3) is 0 Å². The van der Waals surface area contributed by atoms with Crippen LogP contribution in [0.4, 0.5) is 0 Å². The molecule has 11 heteroatoms. The fourth-order valence-electron chi connectivity index (χ4n) is 4.93. The number of carbonyl (C=O) groups is 2. The van der Waals surface area contributed by atoms with Crippen molar-refractivity contribution < 1.29 is 47.8 Å². The van der Waals surface area contributed by atoms with E-state index in [1.165, 1.54) is 89.9 Å². The topological polar surface area (TPSA) is 152 Å². The van der Waals surface area contributed by atoms with Crippen LogP contribution in [-0.4, -0.2) is 60.8 Å². The largest absolute Gasteiger partial charge is 0.756 e. The maximum absolute atomic E-state index is 12.5. The number of carbonyl (C=O) groups excluding carboxylic acids is 2. The predicted octanol–water partition coefficient (Wildman–Crippen LogP) is 7.70. The average Bonchev–Trinajstić information content (AvgIpc) is 3.02. The van der Waals surface area contributed by atoms with E-state index in [4.69, 9.17) is 19.1 Å². The fraction of sp³-hybridized carbons (Fsp3) is 0.941. The average molecular weight is 666 g/mol. The Morgan fingerprint density at radius 3 is 1.40 bits per heavy atom. The highest BCUT2D eigenvalue weighted by molar-refractivity contribution is 7.45. The summed E-state index contributed by atoms with van der Waals surface area (Å²) >= 11 is 0. The van der Waals surface area contributed by atoms with Gasteiger partial charge in [0, 0.05) is 12.8 Å². The van der Waals surface area contributed by atoms with Gasteiger partial charge in [-0.05, 0) is 12.8 Å². The molecule has 268 valence electrons. The van der Waals surface area contributed by atoms with E-state index < -0.39 is 51.8 Å². The van der Waals surface area contributed by atoms with Gasteiger partial charge >= 0.3 is 11.9 Å². The lowest BCUT2D eigenvalue weighted by molar-refractivity contribution is -0.230. The zero-order chi connectivity index (χ0) is 33.4. The lowest BCUT2D eigenvalue weighted by Gasteiger charge is -2.26. The normalized spacial score (nSPS) is 14.2. The number of aliphatic hydroxyl groups is 2. The van der Waals surface area contributed by atoms with E-state index in [0.29, 0.717) is 12.8 Å². The third-order valence-electron chi connectivity index (χ3n) is 7.75. The highest BCUT2D eigenvalue weighted by atomic mass is 31.2. The Morgan fingerprint density at radius 1 is 0.600 bits per heavy atom. The monoisotopic (exact) mass is 665 g/mol. The zero-order valence-electron chi connectivity index (χ0n) is 28.6. The maximum Gasteiger partial charge on any atom is 0.306 e. The Hall–Kier alpha value is -1.03. The van der Waals surface area contributed by atoms with Crippen molar-refractivity contribution in [3.63, 3.8) is 0 Å². The molecule has 0 spiro atoms. The lowest BCUT2D eigenvalue weighted by Crippen LogP contribution is -2.30. The number of rotatable bonds is 34. The van der Waals surface area contributed by atoms with Crippen molar-refractivity contribution >= 4 is 19.8 Å². The molecule has 45 heavy (non-hydrogen) atoms. The molecule has 1 unspecified atom stereocenters. The first-order valence-electron chi connectivity index (χ1n) is 18.0. The van der Waals surface area contributed by atoms with Crippen molar-refractivity contribution in [1.29, 1.82) is 0 Å². The number of phosphoric acid groups is 1. The molecule has 3 atom stereocenters. The van der Waals surface area contributed by atoms with Crippen LogP contribution in [0.1, 0.15) is 168 Å². The first kappa shape index (κ1) is 44.0. The zero-order valence-corrected chi connectivity index (χ0v) is 29.5. The fourth-order valence-corrected chi connectivity index (χ4v) is 5.71. The maximum atomic E-state index is 12.5. The number of hydrogen-bond acceptors (Lipinski definition) is 10. The number of aliphatic hydroxyl groups excluding tert-OH is 2. The Kier molecular flexibility index (Phi) is 30.8. The van der Waals surface area contributed by atoms with Gasteiger partial charge in [0.05, 0.1) is 19.8 Å². The molecule has 0 aliphatic carbocycles. The van der Waals surface area contributed by atoms with Gasteiger partial charge in [0.25, 0.3) is 7.82 Å². The Labute approximate surface area is 273 Å². The standard InChI is InChI=1S/C34H67O10P/c1-3-5-7-9-11-13-15-17-19-21-23-25-33(37)41-29-32(30-43-45(39,40)42-28-31(36)27-35)44-34(38)26-24-22-20-18-16-14-12-10-8-6-4-2/h31-32,35-36H,3-30H2,1-2H3,(H,39,40)/p-1/t31-,32-/m1/s1. The predicted molar refractivity (Wildman–Crippen MR) is 176 cm³/mol. The quantitative estimate of drug-likeness (QED) is 0.0397. The molecule has 0 saturated carbocycles. The van der Waals surface area contributed by atoms with E-state index in [1.54, 1.807) is 0 Å². The van der Waals surface area contributed by atoms with Crippen LogP contribution in [0.3, 0.4) is 0 Å². The highest BCUT2D eigenvalue weighted by Gasteiger charge is 2.21.